The van der Waals surface area contributed by atoms with Crippen LogP contribution in [-0.2, 0) is 25.5 Å². The van der Waals surface area contributed by atoms with Crippen LogP contribution in [-0.4, -0.2) is 55.0 Å². The summed E-state index contributed by atoms with van der Waals surface area (Å²) in [5, 5.41) is 2.78. The number of likely N-dealkylation sites (N-methyl/N-ethyl adjacent to an activating group) is 1. The molecule has 0 aromatic heterocycles. The maximum atomic E-state index is 13.1. The first kappa shape index (κ1) is 24.6. The van der Waals surface area contributed by atoms with Crippen molar-refractivity contribution in [3.63, 3.8) is 0 Å². The Morgan fingerprint density at radius 2 is 1.69 bits per heavy atom. The van der Waals surface area contributed by atoms with E-state index in [4.69, 9.17) is 10.5 Å². The van der Waals surface area contributed by atoms with Crippen LogP contribution in [0.15, 0.2) is 30.3 Å². The molecule has 29 heavy (non-hydrogen) atoms. The average molecular weight is 406 g/mol. The monoisotopic (exact) mass is 405 g/mol. The fraction of sp³-hybridized carbons (Fsp3) is 0.591. The molecule has 1 aromatic rings. The molecule has 0 bridgehead atoms. The highest BCUT2D eigenvalue weighted by molar-refractivity contribution is 5.92. The number of ether oxygens (including phenoxy) is 1. The van der Waals surface area contributed by atoms with Crippen LogP contribution >= 0.6 is 0 Å². The molecule has 0 heterocycles. The topological polar surface area (TPSA) is 102 Å². The van der Waals surface area contributed by atoms with E-state index in [2.05, 4.69) is 5.32 Å². The largest absolute Gasteiger partial charge is 0.467 e. The van der Waals surface area contributed by atoms with Gasteiger partial charge >= 0.3 is 5.97 Å². The highest BCUT2D eigenvalue weighted by Crippen LogP contribution is 2.15. The molecule has 0 aliphatic carbocycles. The number of carbonyl (C=O) groups excluding carboxylic acids is 3. The maximum absolute atomic E-state index is 13.1. The van der Waals surface area contributed by atoms with Gasteiger partial charge in [0.2, 0.25) is 11.8 Å². The van der Waals surface area contributed by atoms with E-state index in [1.165, 1.54) is 12.0 Å². The Kier molecular flexibility index (Phi) is 9.81. The second-order valence-electron chi connectivity index (χ2n) is 8.14. The van der Waals surface area contributed by atoms with E-state index in [1.54, 1.807) is 7.05 Å². The fourth-order valence-corrected chi connectivity index (χ4v) is 3.01. The van der Waals surface area contributed by atoms with Crippen molar-refractivity contribution in [1.29, 1.82) is 0 Å². The minimum absolute atomic E-state index is 0.0476. The molecule has 7 heteroatoms. The zero-order valence-electron chi connectivity index (χ0n) is 18.3. The summed E-state index contributed by atoms with van der Waals surface area (Å²) in [4.78, 5) is 39.5. The van der Waals surface area contributed by atoms with Crippen molar-refractivity contribution < 1.29 is 19.1 Å². The smallest absolute Gasteiger partial charge is 0.328 e. The molecule has 0 unspecified atom stereocenters. The molecule has 162 valence electrons. The molecule has 7 nitrogen and oxygen atoms in total. The lowest BCUT2D eigenvalue weighted by Gasteiger charge is -2.32. The molecule has 1 aromatic carbocycles. The third-order valence-electron chi connectivity index (χ3n) is 4.90. The zero-order valence-corrected chi connectivity index (χ0v) is 18.3. The second-order valence-corrected chi connectivity index (χ2v) is 8.14. The molecule has 0 fully saturated rings. The van der Waals surface area contributed by atoms with Gasteiger partial charge in [0, 0.05) is 13.5 Å². The van der Waals surface area contributed by atoms with Gasteiger partial charge in [-0.3, -0.25) is 9.59 Å². The van der Waals surface area contributed by atoms with Crippen molar-refractivity contribution in [2.45, 2.75) is 58.7 Å². The predicted octanol–water partition coefficient (Wildman–Crippen LogP) is 1.74. The number of nitrogens with one attached hydrogen (secondary N) is 1. The molecule has 2 amide bonds. The van der Waals surface area contributed by atoms with Crippen molar-refractivity contribution in [3.8, 4) is 0 Å². The van der Waals surface area contributed by atoms with E-state index in [1.807, 2.05) is 58.0 Å². The normalized spacial score (nSPS) is 14.2. The SMILES string of the molecule is COC(=O)[C@H](Cc1ccccc1)NC(=O)[C@H](CC(C)C)N(C)C(=O)[C@@H](N)C(C)C. The minimum Gasteiger partial charge on any atom is -0.467 e. The number of hydrogen-bond donors (Lipinski definition) is 2. The number of rotatable bonds is 10. The molecule has 0 spiro atoms. The van der Waals surface area contributed by atoms with Crippen LogP contribution in [0.1, 0.15) is 39.7 Å². The van der Waals surface area contributed by atoms with E-state index in [9.17, 15) is 14.4 Å². The van der Waals surface area contributed by atoms with Gasteiger partial charge in [-0.1, -0.05) is 58.0 Å². The van der Waals surface area contributed by atoms with Crippen molar-refractivity contribution in [2.24, 2.45) is 17.6 Å². The summed E-state index contributed by atoms with van der Waals surface area (Å²) in [5.74, 6) is -1.09. The van der Waals surface area contributed by atoms with E-state index in [0.717, 1.165) is 5.56 Å². The third kappa shape index (κ3) is 7.49. The molecule has 0 saturated carbocycles. The number of amides is 2. The lowest BCUT2D eigenvalue weighted by Crippen LogP contribution is -2.56. The second kappa shape index (κ2) is 11.6. The molecule has 0 radical (unpaired) electrons. The summed E-state index contributed by atoms with van der Waals surface area (Å²) in [5.41, 5.74) is 6.90. The Hall–Kier alpha value is -2.41. The van der Waals surface area contributed by atoms with Crippen molar-refractivity contribution in [1.82, 2.24) is 10.2 Å². The summed E-state index contributed by atoms with van der Waals surface area (Å²) in [6.45, 7) is 7.67. The minimum atomic E-state index is -0.841. The van der Waals surface area contributed by atoms with Gasteiger partial charge in [0.15, 0.2) is 0 Å². The van der Waals surface area contributed by atoms with Gasteiger partial charge in [0.25, 0.3) is 0 Å². The summed E-state index contributed by atoms with van der Waals surface area (Å²) in [7, 11) is 2.87. The molecule has 0 saturated heterocycles. The van der Waals surface area contributed by atoms with E-state index < -0.39 is 30.0 Å². The Morgan fingerprint density at radius 3 is 2.17 bits per heavy atom. The Labute approximate surface area is 174 Å². The number of hydrogen-bond acceptors (Lipinski definition) is 5. The van der Waals surface area contributed by atoms with Crippen LogP contribution in [0.5, 0.6) is 0 Å². The first-order chi connectivity index (χ1) is 13.6. The van der Waals surface area contributed by atoms with Gasteiger partial charge < -0.3 is 20.7 Å². The molecule has 3 atom stereocenters. The number of carbonyl (C=O) groups is 3. The van der Waals surface area contributed by atoms with Gasteiger partial charge in [-0.15, -0.1) is 0 Å². The Bertz CT molecular complexity index is 676. The summed E-state index contributed by atoms with van der Waals surface area (Å²) in [6, 6.07) is 7.12. The summed E-state index contributed by atoms with van der Waals surface area (Å²) in [6.07, 6.45) is 0.759. The lowest BCUT2D eigenvalue weighted by atomic mass is 9.98. The third-order valence-corrected chi connectivity index (χ3v) is 4.90. The Balaban J connectivity index is 3.03. The van der Waals surface area contributed by atoms with Crippen LogP contribution in [0.4, 0.5) is 0 Å². The molecule has 0 aliphatic rings. The standard InChI is InChI=1S/C22H35N3O4/c1-14(2)12-18(25(5)21(27)19(23)15(3)4)20(26)24-17(22(28)29-6)13-16-10-8-7-9-11-16/h7-11,14-15,17-19H,12-13,23H2,1-6H3,(H,24,26)/t17-,18-,19-/m0/s1. The van der Waals surface area contributed by atoms with E-state index in [0.29, 0.717) is 12.8 Å². The van der Waals surface area contributed by atoms with Crippen molar-refractivity contribution in [3.05, 3.63) is 35.9 Å². The number of nitrogens with zero attached hydrogens (tertiary/aromatic N) is 1. The first-order valence-electron chi connectivity index (χ1n) is 10.0. The van der Waals surface area contributed by atoms with Gasteiger partial charge in [-0.2, -0.15) is 0 Å². The zero-order chi connectivity index (χ0) is 22.1. The Morgan fingerprint density at radius 1 is 1.10 bits per heavy atom. The molecular formula is C22H35N3O4. The van der Waals surface area contributed by atoms with Gasteiger partial charge in [-0.25, -0.2) is 4.79 Å². The quantitative estimate of drug-likeness (QED) is 0.578. The summed E-state index contributed by atoms with van der Waals surface area (Å²) >= 11 is 0. The molecule has 3 N–H and O–H groups in total. The van der Waals surface area contributed by atoms with Crippen LogP contribution in [0, 0.1) is 11.8 Å². The highest BCUT2D eigenvalue weighted by Gasteiger charge is 2.33. The van der Waals surface area contributed by atoms with Crippen molar-refractivity contribution >= 4 is 17.8 Å². The van der Waals surface area contributed by atoms with Gasteiger partial charge in [0.1, 0.15) is 12.1 Å². The maximum Gasteiger partial charge on any atom is 0.328 e. The van der Waals surface area contributed by atoms with Crippen LogP contribution in [0.25, 0.3) is 0 Å². The molecular weight excluding hydrogens is 370 g/mol. The fourth-order valence-electron chi connectivity index (χ4n) is 3.01. The summed E-state index contributed by atoms with van der Waals surface area (Å²) < 4.78 is 4.87. The van der Waals surface area contributed by atoms with Gasteiger partial charge in [0.05, 0.1) is 13.2 Å². The van der Waals surface area contributed by atoms with Crippen LogP contribution in [0.3, 0.4) is 0 Å². The predicted molar refractivity (Wildman–Crippen MR) is 113 cm³/mol. The van der Waals surface area contributed by atoms with E-state index >= 15 is 0 Å². The molecule has 0 aliphatic heterocycles. The number of esters is 1. The van der Waals surface area contributed by atoms with E-state index in [-0.39, 0.29) is 17.7 Å². The number of nitrogens with two attached hydrogens (primary N) is 1. The van der Waals surface area contributed by atoms with Crippen LogP contribution < -0.4 is 11.1 Å². The lowest BCUT2D eigenvalue weighted by molar-refractivity contribution is -0.147. The highest BCUT2D eigenvalue weighted by atomic mass is 16.5. The van der Waals surface area contributed by atoms with Crippen LogP contribution in [0.2, 0.25) is 0 Å². The number of benzene rings is 1. The average Bonchev–Trinajstić information content (AvgIpc) is 2.69. The number of methoxy groups -OCH3 is 1. The molecule has 1 rings (SSSR count). The van der Waals surface area contributed by atoms with Gasteiger partial charge in [-0.05, 0) is 23.8 Å². The van der Waals surface area contributed by atoms with Crippen molar-refractivity contribution in [2.75, 3.05) is 14.2 Å². The first-order valence-corrected chi connectivity index (χ1v) is 10.0.